The molecular weight excluding hydrogens is 124 g/mol. The van der Waals surface area contributed by atoms with Crippen molar-refractivity contribution in [3.63, 3.8) is 0 Å². The summed E-state index contributed by atoms with van der Waals surface area (Å²) in [5.41, 5.74) is 0. The van der Waals surface area contributed by atoms with Crippen molar-refractivity contribution in [2.24, 2.45) is 0 Å². The van der Waals surface area contributed by atoms with E-state index in [2.05, 4.69) is 31.2 Å². The second kappa shape index (κ2) is 3.35. The zero-order valence-corrected chi connectivity index (χ0v) is 7.22. The quantitative estimate of drug-likeness (QED) is 0.579. The van der Waals surface area contributed by atoms with Crippen LogP contribution in [-0.4, -0.2) is 37.6 Å². The van der Waals surface area contributed by atoms with Crippen molar-refractivity contribution in [1.82, 2.24) is 10.2 Å². The molecule has 0 aliphatic carbocycles. The van der Waals surface area contributed by atoms with Crippen LogP contribution in [0.15, 0.2) is 0 Å². The smallest absolute Gasteiger partial charge is 0.00910 e. The molecular formula is C8H18N2. The molecule has 0 spiro atoms. The number of likely N-dealkylation sites (tertiary alicyclic amines) is 1. The van der Waals surface area contributed by atoms with Crippen molar-refractivity contribution >= 4 is 0 Å². The summed E-state index contributed by atoms with van der Waals surface area (Å²) < 4.78 is 0. The van der Waals surface area contributed by atoms with E-state index in [4.69, 9.17) is 0 Å². The first kappa shape index (κ1) is 8.02. The normalized spacial score (nSPS) is 36.3. The summed E-state index contributed by atoms with van der Waals surface area (Å²) in [6.07, 6.45) is 2.60. The fraction of sp³-hybridized carbons (Fsp3) is 1.00. The maximum atomic E-state index is 3.33. The van der Waals surface area contributed by atoms with Crippen molar-refractivity contribution in [2.45, 2.75) is 31.8 Å². The van der Waals surface area contributed by atoms with E-state index in [0.717, 1.165) is 12.1 Å². The Morgan fingerprint density at radius 2 is 2.20 bits per heavy atom. The lowest BCUT2D eigenvalue weighted by Crippen LogP contribution is -2.44. The van der Waals surface area contributed by atoms with Crippen molar-refractivity contribution in [1.29, 1.82) is 0 Å². The van der Waals surface area contributed by atoms with Crippen LogP contribution in [0.4, 0.5) is 0 Å². The third kappa shape index (κ3) is 1.70. The van der Waals surface area contributed by atoms with E-state index >= 15 is 0 Å². The van der Waals surface area contributed by atoms with Crippen LogP contribution in [0.2, 0.25) is 0 Å². The summed E-state index contributed by atoms with van der Waals surface area (Å²) in [5.74, 6) is 0. The van der Waals surface area contributed by atoms with Crippen LogP contribution in [0, 0.1) is 0 Å². The van der Waals surface area contributed by atoms with Gasteiger partial charge in [-0.1, -0.05) is 0 Å². The lowest BCUT2D eigenvalue weighted by molar-refractivity contribution is 0.172. The second-order valence-corrected chi connectivity index (χ2v) is 3.34. The van der Waals surface area contributed by atoms with Gasteiger partial charge < -0.3 is 10.2 Å². The van der Waals surface area contributed by atoms with Crippen molar-refractivity contribution in [3.8, 4) is 0 Å². The highest BCUT2D eigenvalue weighted by Crippen LogP contribution is 2.14. The number of hydrogen-bond donors (Lipinski definition) is 1. The van der Waals surface area contributed by atoms with Gasteiger partial charge in [0.25, 0.3) is 0 Å². The van der Waals surface area contributed by atoms with Gasteiger partial charge in [-0.05, 0) is 40.4 Å². The molecule has 1 aliphatic heterocycles. The van der Waals surface area contributed by atoms with Crippen LogP contribution in [-0.2, 0) is 0 Å². The van der Waals surface area contributed by atoms with Gasteiger partial charge in [0, 0.05) is 12.1 Å². The van der Waals surface area contributed by atoms with E-state index in [1.165, 1.54) is 19.4 Å². The fourth-order valence-corrected chi connectivity index (χ4v) is 1.55. The molecule has 1 heterocycles. The number of hydrogen-bond acceptors (Lipinski definition) is 2. The Morgan fingerprint density at radius 3 is 2.70 bits per heavy atom. The van der Waals surface area contributed by atoms with Crippen LogP contribution in [0.3, 0.4) is 0 Å². The monoisotopic (exact) mass is 142 g/mol. The summed E-state index contributed by atoms with van der Waals surface area (Å²) in [6.45, 7) is 3.54. The van der Waals surface area contributed by atoms with Gasteiger partial charge in [-0.25, -0.2) is 0 Å². The van der Waals surface area contributed by atoms with Gasteiger partial charge in [0.05, 0.1) is 0 Å². The van der Waals surface area contributed by atoms with Gasteiger partial charge in [-0.3, -0.25) is 0 Å². The van der Waals surface area contributed by atoms with Gasteiger partial charge in [0.1, 0.15) is 0 Å². The summed E-state index contributed by atoms with van der Waals surface area (Å²) in [5, 5.41) is 3.33. The van der Waals surface area contributed by atoms with Crippen molar-refractivity contribution in [2.75, 3.05) is 20.6 Å². The van der Waals surface area contributed by atoms with E-state index < -0.39 is 0 Å². The van der Waals surface area contributed by atoms with E-state index in [1.807, 2.05) is 0 Å². The number of rotatable bonds is 1. The molecule has 60 valence electrons. The lowest BCUT2D eigenvalue weighted by Gasteiger charge is -2.34. The molecule has 1 rings (SSSR count). The standard InChI is InChI=1S/C8H18N2/c1-7-6-8(9-2)4-5-10(7)3/h7-9H,4-6H2,1-3H3/t7-,8+/m0/s1. The number of piperidine rings is 1. The lowest BCUT2D eigenvalue weighted by atomic mass is 9.99. The minimum Gasteiger partial charge on any atom is -0.317 e. The third-order valence-corrected chi connectivity index (χ3v) is 2.62. The number of nitrogens with one attached hydrogen (secondary N) is 1. The molecule has 2 atom stereocenters. The number of nitrogens with zero attached hydrogens (tertiary/aromatic N) is 1. The molecule has 0 aromatic carbocycles. The minimum absolute atomic E-state index is 0.756. The van der Waals surface area contributed by atoms with E-state index in [0.29, 0.717) is 0 Å². The first-order valence-electron chi connectivity index (χ1n) is 4.11. The highest BCUT2D eigenvalue weighted by Gasteiger charge is 2.20. The van der Waals surface area contributed by atoms with Gasteiger partial charge in [-0.2, -0.15) is 0 Å². The summed E-state index contributed by atoms with van der Waals surface area (Å²) in [7, 11) is 4.26. The zero-order chi connectivity index (χ0) is 7.56. The average Bonchev–Trinajstić information content (AvgIpc) is 1.95. The van der Waals surface area contributed by atoms with E-state index in [9.17, 15) is 0 Å². The molecule has 1 N–H and O–H groups in total. The highest BCUT2D eigenvalue weighted by atomic mass is 15.1. The topological polar surface area (TPSA) is 15.3 Å². The Hall–Kier alpha value is -0.0800. The molecule has 0 radical (unpaired) electrons. The molecule has 1 aliphatic rings. The van der Waals surface area contributed by atoms with Gasteiger partial charge >= 0.3 is 0 Å². The van der Waals surface area contributed by atoms with Crippen LogP contribution in [0.25, 0.3) is 0 Å². The van der Waals surface area contributed by atoms with Crippen molar-refractivity contribution in [3.05, 3.63) is 0 Å². The molecule has 0 saturated carbocycles. The Kier molecular flexibility index (Phi) is 2.69. The maximum absolute atomic E-state index is 3.33. The average molecular weight is 142 g/mol. The van der Waals surface area contributed by atoms with E-state index in [1.54, 1.807) is 0 Å². The Labute approximate surface area is 63.6 Å². The molecule has 10 heavy (non-hydrogen) atoms. The van der Waals surface area contributed by atoms with Crippen LogP contribution >= 0.6 is 0 Å². The Bertz CT molecular complexity index is 103. The van der Waals surface area contributed by atoms with Crippen molar-refractivity contribution < 1.29 is 0 Å². The zero-order valence-electron chi connectivity index (χ0n) is 7.22. The first-order valence-corrected chi connectivity index (χ1v) is 4.11. The predicted octanol–water partition coefficient (Wildman–Crippen LogP) is 0.688. The largest absolute Gasteiger partial charge is 0.317 e. The van der Waals surface area contributed by atoms with E-state index in [-0.39, 0.29) is 0 Å². The van der Waals surface area contributed by atoms with Gasteiger partial charge in [0.15, 0.2) is 0 Å². The second-order valence-electron chi connectivity index (χ2n) is 3.34. The molecule has 1 fully saturated rings. The van der Waals surface area contributed by atoms with Gasteiger partial charge in [-0.15, -0.1) is 0 Å². The maximum Gasteiger partial charge on any atom is 0.00910 e. The SMILES string of the molecule is CN[C@@H]1CCN(C)[C@@H](C)C1. The Balaban J connectivity index is 2.33. The summed E-state index contributed by atoms with van der Waals surface area (Å²) in [6, 6.07) is 1.51. The van der Waals surface area contributed by atoms with Crippen LogP contribution < -0.4 is 5.32 Å². The fourth-order valence-electron chi connectivity index (χ4n) is 1.55. The van der Waals surface area contributed by atoms with Crippen LogP contribution in [0.5, 0.6) is 0 Å². The van der Waals surface area contributed by atoms with Gasteiger partial charge in [0.2, 0.25) is 0 Å². The summed E-state index contributed by atoms with van der Waals surface area (Å²) in [4.78, 5) is 2.42. The van der Waals surface area contributed by atoms with Crippen LogP contribution in [0.1, 0.15) is 19.8 Å². The molecule has 1 saturated heterocycles. The molecule has 0 unspecified atom stereocenters. The first-order chi connectivity index (χ1) is 4.74. The molecule has 2 nitrogen and oxygen atoms in total. The Morgan fingerprint density at radius 1 is 1.50 bits per heavy atom. The molecule has 2 heteroatoms. The molecule has 0 aromatic rings. The predicted molar refractivity (Wildman–Crippen MR) is 44.2 cm³/mol. The minimum atomic E-state index is 0.756. The molecule has 0 bridgehead atoms. The third-order valence-electron chi connectivity index (χ3n) is 2.62. The highest BCUT2D eigenvalue weighted by molar-refractivity contribution is 4.79. The summed E-state index contributed by atoms with van der Waals surface area (Å²) >= 11 is 0. The molecule has 0 amide bonds. The molecule has 0 aromatic heterocycles.